The highest BCUT2D eigenvalue weighted by Gasteiger charge is 2.07. The standard InChI is InChI=1S/C14H14BrFN2O/c1-19-13-6-5-10(15)7-9(13)8-18-12-4-2-3-11(16)14(12)17/h2-7,18H,8,17H2,1H3. The fourth-order valence-electron chi connectivity index (χ4n) is 1.77. The molecule has 19 heavy (non-hydrogen) atoms. The molecule has 2 aromatic carbocycles. The second-order valence-electron chi connectivity index (χ2n) is 4.01. The number of methoxy groups -OCH3 is 1. The molecular weight excluding hydrogens is 311 g/mol. The molecule has 5 heteroatoms. The molecular formula is C14H14BrFN2O. The summed E-state index contributed by atoms with van der Waals surface area (Å²) >= 11 is 3.41. The molecule has 0 aliphatic carbocycles. The first-order valence-corrected chi connectivity index (χ1v) is 6.51. The topological polar surface area (TPSA) is 47.3 Å². The maximum atomic E-state index is 13.3. The Kier molecular flexibility index (Phi) is 4.27. The van der Waals surface area contributed by atoms with Gasteiger partial charge < -0.3 is 15.8 Å². The molecule has 100 valence electrons. The summed E-state index contributed by atoms with van der Waals surface area (Å²) in [6, 6.07) is 10.4. The SMILES string of the molecule is COc1ccc(Br)cc1CNc1cccc(F)c1N. The van der Waals surface area contributed by atoms with E-state index < -0.39 is 5.82 Å². The quantitative estimate of drug-likeness (QED) is 0.841. The van der Waals surface area contributed by atoms with Crippen LogP contribution in [0.25, 0.3) is 0 Å². The number of nitrogens with two attached hydrogens (primary N) is 1. The second kappa shape index (κ2) is 5.93. The van der Waals surface area contributed by atoms with Crippen molar-refractivity contribution in [1.82, 2.24) is 0 Å². The van der Waals surface area contributed by atoms with Crippen LogP contribution in [0.2, 0.25) is 0 Å². The summed E-state index contributed by atoms with van der Waals surface area (Å²) in [6.45, 7) is 0.496. The molecule has 0 heterocycles. The van der Waals surface area contributed by atoms with E-state index in [4.69, 9.17) is 10.5 Å². The summed E-state index contributed by atoms with van der Waals surface area (Å²) in [4.78, 5) is 0. The molecule has 2 rings (SSSR count). The lowest BCUT2D eigenvalue weighted by Crippen LogP contribution is -2.05. The van der Waals surface area contributed by atoms with Crippen LogP contribution in [0.4, 0.5) is 15.8 Å². The van der Waals surface area contributed by atoms with Crippen molar-refractivity contribution >= 4 is 27.3 Å². The van der Waals surface area contributed by atoms with Gasteiger partial charge in [-0.15, -0.1) is 0 Å². The molecule has 0 aliphatic heterocycles. The third-order valence-corrected chi connectivity index (χ3v) is 3.26. The minimum Gasteiger partial charge on any atom is -0.496 e. The second-order valence-corrected chi connectivity index (χ2v) is 4.93. The van der Waals surface area contributed by atoms with Crippen LogP contribution in [0, 0.1) is 5.82 Å². The van der Waals surface area contributed by atoms with E-state index in [1.54, 1.807) is 19.2 Å². The molecule has 0 amide bonds. The molecule has 0 bridgehead atoms. The molecule has 0 fully saturated rings. The van der Waals surface area contributed by atoms with Gasteiger partial charge in [-0.05, 0) is 30.3 Å². The maximum absolute atomic E-state index is 13.3. The molecule has 0 saturated carbocycles. The van der Waals surface area contributed by atoms with Gasteiger partial charge in [0.15, 0.2) is 0 Å². The van der Waals surface area contributed by atoms with Crippen molar-refractivity contribution in [2.75, 3.05) is 18.2 Å². The Morgan fingerprint density at radius 3 is 2.84 bits per heavy atom. The molecule has 0 aromatic heterocycles. The minimum atomic E-state index is -0.425. The molecule has 0 radical (unpaired) electrons. The lowest BCUT2D eigenvalue weighted by molar-refractivity contribution is 0.410. The fourth-order valence-corrected chi connectivity index (χ4v) is 2.18. The predicted molar refractivity (Wildman–Crippen MR) is 78.8 cm³/mol. The van der Waals surface area contributed by atoms with E-state index in [0.717, 1.165) is 15.8 Å². The highest BCUT2D eigenvalue weighted by molar-refractivity contribution is 9.10. The molecule has 0 spiro atoms. The average Bonchev–Trinajstić information content (AvgIpc) is 2.40. The van der Waals surface area contributed by atoms with Crippen LogP contribution in [-0.4, -0.2) is 7.11 Å². The predicted octanol–water partition coefficient (Wildman–Crippen LogP) is 3.79. The largest absolute Gasteiger partial charge is 0.496 e. The number of rotatable bonds is 4. The van der Waals surface area contributed by atoms with Gasteiger partial charge in [0.2, 0.25) is 0 Å². The zero-order chi connectivity index (χ0) is 13.8. The number of halogens is 2. The Morgan fingerprint density at radius 2 is 2.11 bits per heavy atom. The van der Waals surface area contributed by atoms with Gasteiger partial charge in [0.25, 0.3) is 0 Å². The van der Waals surface area contributed by atoms with Gasteiger partial charge in [0, 0.05) is 16.6 Å². The first-order chi connectivity index (χ1) is 9.11. The van der Waals surface area contributed by atoms with E-state index in [2.05, 4.69) is 21.2 Å². The number of nitrogens with one attached hydrogen (secondary N) is 1. The highest BCUT2D eigenvalue weighted by Crippen LogP contribution is 2.26. The first-order valence-electron chi connectivity index (χ1n) is 5.72. The molecule has 0 saturated heterocycles. The van der Waals surface area contributed by atoms with Crippen LogP contribution in [-0.2, 0) is 6.54 Å². The van der Waals surface area contributed by atoms with E-state index in [1.807, 2.05) is 18.2 Å². The Hall–Kier alpha value is -1.75. The third-order valence-electron chi connectivity index (χ3n) is 2.76. The lowest BCUT2D eigenvalue weighted by atomic mass is 10.2. The number of anilines is 2. The van der Waals surface area contributed by atoms with Crippen LogP contribution in [0.3, 0.4) is 0 Å². The monoisotopic (exact) mass is 324 g/mol. The van der Waals surface area contributed by atoms with Crippen molar-refractivity contribution in [3.63, 3.8) is 0 Å². The molecule has 0 aliphatic rings. The lowest BCUT2D eigenvalue weighted by Gasteiger charge is -2.12. The van der Waals surface area contributed by atoms with Crippen LogP contribution >= 0.6 is 15.9 Å². The third kappa shape index (κ3) is 3.17. The van der Waals surface area contributed by atoms with Crippen molar-refractivity contribution in [2.24, 2.45) is 0 Å². The number of hydrogen-bond donors (Lipinski definition) is 2. The smallest absolute Gasteiger partial charge is 0.148 e. The molecule has 3 N–H and O–H groups in total. The summed E-state index contributed by atoms with van der Waals surface area (Å²) in [6.07, 6.45) is 0. The number of hydrogen-bond acceptors (Lipinski definition) is 3. The van der Waals surface area contributed by atoms with E-state index >= 15 is 0 Å². The van der Waals surface area contributed by atoms with Gasteiger partial charge >= 0.3 is 0 Å². The van der Waals surface area contributed by atoms with E-state index in [-0.39, 0.29) is 5.69 Å². The molecule has 3 nitrogen and oxygen atoms in total. The van der Waals surface area contributed by atoms with Crippen molar-refractivity contribution in [3.8, 4) is 5.75 Å². The molecule has 0 unspecified atom stereocenters. The summed E-state index contributed by atoms with van der Waals surface area (Å²) < 4.78 is 19.5. The van der Waals surface area contributed by atoms with Gasteiger partial charge in [0.05, 0.1) is 18.5 Å². The summed E-state index contributed by atoms with van der Waals surface area (Å²) in [5.74, 6) is 0.344. The van der Waals surface area contributed by atoms with Crippen LogP contribution in [0.5, 0.6) is 5.75 Å². The Labute approximate surface area is 119 Å². The molecule has 2 aromatic rings. The minimum absolute atomic E-state index is 0.122. The molecule has 0 atom stereocenters. The van der Waals surface area contributed by atoms with Crippen molar-refractivity contribution in [1.29, 1.82) is 0 Å². The van der Waals surface area contributed by atoms with Crippen molar-refractivity contribution < 1.29 is 9.13 Å². The summed E-state index contributed by atoms with van der Waals surface area (Å²) in [5, 5.41) is 3.11. The van der Waals surface area contributed by atoms with Gasteiger partial charge in [-0.1, -0.05) is 22.0 Å². The van der Waals surface area contributed by atoms with Gasteiger partial charge in [-0.25, -0.2) is 4.39 Å². The summed E-state index contributed by atoms with van der Waals surface area (Å²) in [7, 11) is 1.61. The van der Waals surface area contributed by atoms with Gasteiger partial charge in [-0.2, -0.15) is 0 Å². The number of nitrogen functional groups attached to an aromatic ring is 1. The highest BCUT2D eigenvalue weighted by atomic mass is 79.9. The van der Waals surface area contributed by atoms with Crippen LogP contribution < -0.4 is 15.8 Å². The van der Waals surface area contributed by atoms with E-state index in [0.29, 0.717) is 12.2 Å². The Morgan fingerprint density at radius 1 is 1.32 bits per heavy atom. The van der Waals surface area contributed by atoms with Crippen molar-refractivity contribution in [3.05, 3.63) is 52.3 Å². The number of benzene rings is 2. The van der Waals surface area contributed by atoms with E-state index in [1.165, 1.54) is 6.07 Å². The van der Waals surface area contributed by atoms with Gasteiger partial charge in [-0.3, -0.25) is 0 Å². The number of ether oxygens (including phenoxy) is 1. The Bertz CT molecular complexity index is 590. The first kappa shape index (κ1) is 13.7. The fraction of sp³-hybridized carbons (Fsp3) is 0.143. The zero-order valence-corrected chi connectivity index (χ0v) is 12.0. The summed E-state index contributed by atoms with van der Waals surface area (Å²) in [5.41, 5.74) is 7.32. The maximum Gasteiger partial charge on any atom is 0.148 e. The van der Waals surface area contributed by atoms with Crippen LogP contribution in [0.1, 0.15) is 5.56 Å². The van der Waals surface area contributed by atoms with Gasteiger partial charge in [0.1, 0.15) is 11.6 Å². The van der Waals surface area contributed by atoms with Crippen LogP contribution in [0.15, 0.2) is 40.9 Å². The Balaban J connectivity index is 2.18. The number of para-hydroxylation sites is 1. The van der Waals surface area contributed by atoms with Crippen molar-refractivity contribution in [2.45, 2.75) is 6.54 Å². The normalized spacial score (nSPS) is 10.3. The average molecular weight is 325 g/mol. The zero-order valence-electron chi connectivity index (χ0n) is 10.4. The van der Waals surface area contributed by atoms with E-state index in [9.17, 15) is 4.39 Å².